The molecule has 1 aliphatic heterocycles. The molecule has 0 bridgehead atoms. The summed E-state index contributed by atoms with van der Waals surface area (Å²) in [6.45, 7) is 5.40. The van der Waals surface area contributed by atoms with Crippen molar-refractivity contribution < 1.29 is 4.79 Å². The molecule has 0 unspecified atom stereocenters. The zero-order valence-corrected chi connectivity index (χ0v) is 15.5. The van der Waals surface area contributed by atoms with Crippen molar-refractivity contribution in [3.8, 4) is 5.69 Å². The average molecular weight is 373 g/mol. The number of hydrogen-bond acceptors (Lipinski definition) is 4. The zero-order chi connectivity index (χ0) is 17.4. The predicted molar refractivity (Wildman–Crippen MR) is 102 cm³/mol. The highest BCUT2D eigenvalue weighted by Gasteiger charge is 2.23. The SMILES string of the molecule is Cc1nn(-c2ccccc2)c(C)c1NC(=O)c1n[nH]c2c1CNCC2.Cl. The Hall–Kier alpha value is -2.64. The minimum atomic E-state index is -0.208. The van der Waals surface area contributed by atoms with Crippen LogP contribution in [-0.2, 0) is 13.0 Å². The van der Waals surface area contributed by atoms with Crippen molar-refractivity contribution in [3.63, 3.8) is 0 Å². The molecule has 7 nitrogen and oxygen atoms in total. The van der Waals surface area contributed by atoms with Gasteiger partial charge in [0, 0.05) is 30.8 Å². The van der Waals surface area contributed by atoms with Crippen LogP contribution in [0.2, 0.25) is 0 Å². The van der Waals surface area contributed by atoms with E-state index >= 15 is 0 Å². The van der Waals surface area contributed by atoms with Crippen LogP contribution in [0.15, 0.2) is 30.3 Å². The summed E-state index contributed by atoms with van der Waals surface area (Å²) >= 11 is 0. The number of anilines is 1. The van der Waals surface area contributed by atoms with Crippen molar-refractivity contribution in [1.29, 1.82) is 0 Å². The van der Waals surface area contributed by atoms with Crippen molar-refractivity contribution in [3.05, 3.63) is 58.7 Å². The molecule has 26 heavy (non-hydrogen) atoms. The maximum atomic E-state index is 12.7. The number of rotatable bonds is 3. The van der Waals surface area contributed by atoms with Crippen LogP contribution in [0.1, 0.15) is 33.1 Å². The summed E-state index contributed by atoms with van der Waals surface area (Å²) in [6.07, 6.45) is 0.861. The van der Waals surface area contributed by atoms with E-state index in [-0.39, 0.29) is 18.3 Å². The van der Waals surface area contributed by atoms with Crippen molar-refractivity contribution in [1.82, 2.24) is 25.3 Å². The van der Waals surface area contributed by atoms with E-state index < -0.39 is 0 Å². The molecule has 3 aromatic rings. The number of nitrogens with zero attached hydrogens (tertiary/aromatic N) is 3. The molecule has 0 spiro atoms. The molecular formula is C18H21ClN6O. The van der Waals surface area contributed by atoms with E-state index in [1.54, 1.807) is 0 Å². The molecule has 136 valence electrons. The summed E-state index contributed by atoms with van der Waals surface area (Å²) in [7, 11) is 0. The van der Waals surface area contributed by atoms with Gasteiger partial charge in [-0.15, -0.1) is 12.4 Å². The molecule has 1 amide bonds. The monoisotopic (exact) mass is 372 g/mol. The molecule has 0 atom stereocenters. The summed E-state index contributed by atoms with van der Waals surface area (Å²) < 4.78 is 1.84. The van der Waals surface area contributed by atoms with Gasteiger partial charge in [-0.05, 0) is 26.0 Å². The van der Waals surface area contributed by atoms with Crippen molar-refractivity contribution in [2.24, 2.45) is 0 Å². The lowest BCUT2D eigenvalue weighted by Crippen LogP contribution is -2.25. The minimum absolute atomic E-state index is 0. The number of fused-ring (bicyclic) bond motifs is 1. The Balaban J connectivity index is 0.00000196. The molecule has 1 aromatic carbocycles. The normalized spacial score (nSPS) is 13.0. The summed E-state index contributed by atoms with van der Waals surface area (Å²) in [5.74, 6) is -0.208. The Kier molecular flexibility index (Phi) is 5.11. The lowest BCUT2D eigenvalue weighted by molar-refractivity contribution is 0.102. The first kappa shape index (κ1) is 18.2. The van der Waals surface area contributed by atoms with E-state index in [4.69, 9.17) is 0 Å². The van der Waals surface area contributed by atoms with Gasteiger partial charge in [0.25, 0.3) is 5.91 Å². The maximum Gasteiger partial charge on any atom is 0.276 e. The number of aromatic nitrogens is 4. The molecule has 3 N–H and O–H groups in total. The van der Waals surface area contributed by atoms with Gasteiger partial charge in [0.2, 0.25) is 0 Å². The first-order chi connectivity index (χ1) is 12.1. The largest absolute Gasteiger partial charge is 0.317 e. The third-order valence-electron chi connectivity index (χ3n) is 4.55. The van der Waals surface area contributed by atoms with Gasteiger partial charge in [-0.2, -0.15) is 10.2 Å². The van der Waals surface area contributed by atoms with Crippen molar-refractivity contribution >= 4 is 24.0 Å². The molecule has 0 radical (unpaired) electrons. The van der Waals surface area contributed by atoms with Crippen LogP contribution in [0.25, 0.3) is 5.69 Å². The fourth-order valence-electron chi connectivity index (χ4n) is 3.23. The number of carbonyl (C=O) groups is 1. The number of halogens is 1. The lowest BCUT2D eigenvalue weighted by Gasteiger charge is -2.13. The minimum Gasteiger partial charge on any atom is -0.317 e. The molecule has 8 heteroatoms. The Morgan fingerprint density at radius 3 is 2.77 bits per heavy atom. The third-order valence-corrected chi connectivity index (χ3v) is 4.55. The van der Waals surface area contributed by atoms with E-state index in [9.17, 15) is 4.79 Å². The van der Waals surface area contributed by atoms with Crippen molar-refractivity contribution in [2.75, 3.05) is 11.9 Å². The Morgan fingerprint density at radius 1 is 1.23 bits per heavy atom. The lowest BCUT2D eigenvalue weighted by atomic mass is 10.1. The highest BCUT2D eigenvalue weighted by Crippen LogP contribution is 2.24. The first-order valence-corrected chi connectivity index (χ1v) is 8.35. The van der Waals surface area contributed by atoms with Gasteiger partial charge >= 0.3 is 0 Å². The topological polar surface area (TPSA) is 87.6 Å². The maximum absolute atomic E-state index is 12.7. The van der Waals surface area contributed by atoms with Crippen LogP contribution in [0, 0.1) is 13.8 Å². The van der Waals surface area contributed by atoms with E-state index in [1.165, 1.54) is 0 Å². The van der Waals surface area contributed by atoms with Gasteiger partial charge in [-0.1, -0.05) is 18.2 Å². The smallest absolute Gasteiger partial charge is 0.276 e. The highest BCUT2D eigenvalue weighted by molar-refractivity contribution is 6.04. The van der Waals surface area contributed by atoms with E-state index in [1.807, 2.05) is 48.9 Å². The molecule has 0 aliphatic carbocycles. The Morgan fingerprint density at radius 2 is 2.00 bits per heavy atom. The highest BCUT2D eigenvalue weighted by atomic mass is 35.5. The molecule has 2 aromatic heterocycles. The second-order valence-electron chi connectivity index (χ2n) is 6.20. The zero-order valence-electron chi connectivity index (χ0n) is 14.7. The molecule has 0 fully saturated rings. The number of hydrogen-bond donors (Lipinski definition) is 3. The number of amides is 1. The van der Waals surface area contributed by atoms with Crippen LogP contribution in [0.4, 0.5) is 5.69 Å². The van der Waals surface area contributed by atoms with Gasteiger partial charge in [0.05, 0.1) is 22.8 Å². The van der Waals surface area contributed by atoms with Gasteiger partial charge in [0.1, 0.15) is 0 Å². The summed E-state index contributed by atoms with van der Waals surface area (Å²) in [5, 5.41) is 18.0. The van der Waals surface area contributed by atoms with E-state index in [0.717, 1.165) is 47.0 Å². The van der Waals surface area contributed by atoms with Crippen LogP contribution in [0.5, 0.6) is 0 Å². The van der Waals surface area contributed by atoms with Gasteiger partial charge in [-0.3, -0.25) is 9.89 Å². The Labute approximate surface area is 157 Å². The molecular weight excluding hydrogens is 352 g/mol. The van der Waals surface area contributed by atoms with Crippen molar-refractivity contribution in [2.45, 2.75) is 26.8 Å². The van der Waals surface area contributed by atoms with E-state index in [2.05, 4.69) is 25.9 Å². The second kappa shape index (κ2) is 7.31. The predicted octanol–water partition coefficient (Wildman–Crippen LogP) is 2.53. The number of para-hydroxylation sites is 1. The average Bonchev–Trinajstić information content (AvgIpc) is 3.19. The summed E-state index contributed by atoms with van der Waals surface area (Å²) in [6, 6.07) is 9.87. The number of aromatic amines is 1. The number of benzene rings is 1. The molecule has 1 aliphatic rings. The fraction of sp³-hybridized carbons (Fsp3) is 0.278. The van der Waals surface area contributed by atoms with Gasteiger partial charge in [-0.25, -0.2) is 4.68 Å². The quantitative estimate of drug-likeness (QED) is 0.659. The Bertz CT molecular complexity index is 931. The summed E-state index contributed by atoms with van der Waals surface area (Å²) in [4.78, 5) is 12.7. The fourth-order valence-corrected chi connectivity index (χ4v) is 3.23. The molecule has 0 saturated carbocycles. The third kappa shape index (κ3) is 3.11. The molecule has 0 saturated heterocycles. The van der Waals surface area contributed by atoms with Crippen LogP contribution in [0.3, 0.4) is 0 Å². The van der Waals surface area contributed by atoms with Gasteiger partial charge in [0.15, 0.2) is 5.69 Å². The van der Waals surface area contributed by atoms with Crippen LogP contribution >= 0.6 is 12.4 Å². The molecule has 3 heterocycles. The molecule has 4 rings (SSSR count). The van der Waals surface area contributed by atoms with Crippen LogP contribution < -0.4 is 10.6 Å². The van der Waals surface area contributed by atoms with E-state index in [0.29, 0.717) is 12.2 Å². The standard InChI is InChI=1S/C18H20N6O.ClH/c1-11-16(12(2)24(23-11)13-6-4-3-5-7-13)20-18(25)17-14-10-19-9-8-15(14)21-22-17;/h3-7,19H,8-10H2,1-2H3,(H,20,25)(H,21,22);1H. The second-order valence-corrected chi connectivity index (χ2v) is 6.20. The number of H-pyrrole nitrogens is 1. The van der Waals surface area contributed by atoms with Crippen LogP contribution in [-0.4, -0.2) is 32.4 Å². The number of aryl methyl sites for hydroxylation is 1. The number of carbonyl (C=O) groups excluding carboxylic acids is 1. The first-order valence-electron chi connectivity index (χ1n) is 8.35. The van der Waals surface area contributed by atoms with Gasteiger partial charge < -0.3 is 10.6 Å². The summed E-state index contributed by atoms with van der Waals surface area (Å²) in [5.41, 5.74) is 5.80. The number of nitrogens with one attached hydrogen (secondary N) is 3.